The third kappa shape index (κ3) is 6.57. The van der Waals surface area contributed by atoms with Gasteiger partial charge in [-0.1, -0.05) is 6.08 Å². The van der Waals surface area contributed by atoms with E-state index in [1.165, 1.54) is 0 Å². The lowest BCUT2D eigenvalue weighted by molar-refractivity contribution is 0.423. The molecule has 7 heavy (non-hydrogen) atoms. The summed E-state index contributed by atoms with van der Waals surface area (Å²) in [6, 6.07) is 0. The van der Waals surface area contributed by atoms with Crippen LogP contribution in [0.3, 0.4) is 0 Å². The first-order valence-electron chi connectivity index (χ1n) is 1.67. The SMILES string of the molecule is C=CCO[P+](=S)S. The van der Waals surface area contributed by atoms with Gasteiger partial charge >= 0.3 is 6.13 Å². The van der Waals surface area contributed by atoms with Crippen molar-refractivity contribution in [3.63, 3.8) is 0 Å². The fourth-order valence-corrected chi connectivity index (χ4v) is 0.732. The van der Waals surface area contributed by atoms with E-state index in [2.05, 4.69) is 30.6 Å². The van der Waals surface area contributed by atoms with E-state index in [0.717, 1.165) is 0 Å². The van der Waals surface area contributed by atoms with Gasteiger partial charge in [-0.2, -0.15) is 4.52 Å². The molecule has 0 radical (unpaired) electrons. The van der Waals surface area contributed by atoms with Crippen LogP contribution in [-0.2, 0) is 16.3 Å². The normalized spacial score (nSPS) is 10.7. The van der Waals surface area contributed by atoms with Crippen LogP contribution in [0.4, 0.5) is 0 Å². The molecule has 0 aromatic heterocycles. The van der Waals surface area contributed by atoms with Crippen molar-refractivity contribution >= 4 is 30.2 Å². The third-order valence-corrected chi connectivity index (χ3v) is 1.34. The average Bonchev–Trinajstić information content (AvgIpc) is 1.61. The van der Waals surface area contributed by atoms with Crippen LogP contribution in [0.1, 0.15) is 0 Å². The highest BCUT2D eigenvalue weighted by atomic mass is 32.9. The minimum absolute atomic E-state index is 0.513. The Morgan fingerprint density at radius 2 is 2.57 bits per heavy atom. The zero-order valence-electron chi connectivity index (χ0n) is 3.70. The molecule has 0 aromatic rings. The summed E-state index contributed by atoms with van der Waals surface area (Å²) in [5, 5.41) is 0. The zero-order chi connectivity index (χ0) is 5.70. The van der Waals surface area contributed by atoms with Crippen molar-refractivity contribution in [2.24, 2.45) is 0 Å². The highest BCUT2D eigenvalue weighted by Crippen LogP contribution is 2.26. The molecule has 0 aliphatic carbocycles. The van der Waals surface area contributed by atoms with Crippen LogP contribution in [0.5, 0.6) is 0 Å². The molecule has 0 rings (SSSR count). The van der Waals surface area contributed by atoms with Gasteiger partial charge in [-0.25, -0.2) is 0 Å². The van der Waals surface area contributed by atoms with Crippen molar-refractivity contribution in [2.45, 2.75) is 0 Å². The lowest BCUT2D eigenvalue weighted by Crippen LogP contribution is -1.72. The summed E-state index contributed by atoms with van der Waals surface area (Å²) in [5.74, 6) is 0. The van der Waals surface area contributed by atoms with Crippen LogP contribution in [0, 0.1) is 0 Å². The summed E-state index contributed by atoms with van der Waals surface area (Å²) in [5.41, 5.74) is 0. The predicted molar refractivity (Wildman–Crippen MR) is 39.4 cm³/mol. The highest BCUT2D eigenvalue weighted by Gasteiger charge is 1.97. The summed E-state index contributed by atoms with van der Waals surface area (Å²) < 4.78 is 4.82. The quantitative estimate of drug-likeness (QED) is 0.376. The van der Waals surface area contributed by atoms with Gasteiger partial charge < -0.3 is 0 Å². The van der Waals surface area contributed by atoms with E-state index in [0.29, 0.717) is 6.61 Å². The maximum atomic E-state index is 4.82. The lowest BCUT2D eigenvalue weighted by atomic mass is 10.7. The minimum atomic E-state index is -0.900. The van der Waals surface area contributed by atoms with Gasteiger partial charge in [0.15, 0.2) is 0 Å². The van der Waals surface area contributed by atoms with Gasteiger partial charge in [0.25, 0.3) is 0 Å². The van der Waals surface area contributed by atoms with E-state index < -0.39 is 6.13 Å². The number of thiol groups is 1. The van der Waals surface area contributed by atoms with Crippen LogP contribution < -0.4 is 0 Å². The molecule has 0 amide bonds. The molecule has 0 N–H and O–H groups in total. The van der Waals surface area contributed by atoms with Crippen molar-refractivity contribution in [1.82, 2.24) is 0 Å². The van der Waals surface area contributed by atoms with E-state index in [4.69, 9.17) is 4.52 Å². The van der Waals surface area contributed by atoms with Gasteiger partial charge in [0, 0.05) is 0 Å². The average molecular weight is 153 g/mol. The maximum Gasteiger partial charge on any atom is 0.411 e. The second-order valence-corrected chi connectivity index (χ2v) is 4.45. The Labute approximate surface area is 54.4 Å². The molecule has 1 atom stereocenters. The van der Waals surface area contributed by atoms with E-state index in [-0.39, 0.29) is 0 Å². The monoisotopic (exact) mass is 153 g/mol. The van der Waals surface area contributed by atoms with Crippen molar-refractivity contribution < 1.29 is 4.52 Å². The Hall–Kier alpha value is 0.570. The van der Waals surface area contributed by atoms with Gasteiger partial charge in [-0.05, 0) is 0 Å². The van der Waals surface area contributed by atoms with Crippen LogP contribution in [-0.4, -0.2) is 6.61 Å². The number of hydrogen-bond acceptors (Lipinski definition) is 2. The molecular weight excluding hydrogens is 147 g/mol. The first kappa shape index (κ1) is 7.57. The number of rotatable bonds is 3. The predicted octanol–water partition coefficient (Wildman–Crippen LogP) is 1.89. The summed E-state index contributed by atoms with van der Waals surface area (Å²) in [7, 11) is 0. The summed E-state index contributed by atoms with van der Waals surface area (Å²) in [6.45, 7) is 3.95. The Morgan fingerprint density at radius 1 is 2.00 bits per heavy atom. The highest BCUT2D eigenvalue weighted by molar-refractivity contribution is 8.54. The standard InChI is InChI=1S/C3H5OPS2/c1-2-3-4-5(6)7/h2H,1,3H2/p+1. The number of hydrogen-bond donors (Lipinski definition) is 1. The van der Waals surface area contributed by atoms with Crippen LogP contribution in [0.2, 0.25) is 0 Å². The van der Waals surface area contributed by atoms with E-state index in [1.54, 1.807) is 6.08 Å². The fraction of sp³-hybridized carbons (Fsp3) is 0.333. The fourth-order valence-electron chi connectivity index (χ4n) is 0.116. The molecule has 0 fully saturated rings. The van der Waals surface area contributed by atoms with Crippen molar-refractivity contribution in [1.29, 1.82) is 0 Å². The second kappa shape index (κ2) is 4.72. The van der Waals surface area contributed by atoms with Crippen LogP contribution in [0.15, 0.2) is 12.7 Å². The molecule has 0 aliphatic rings. The van der Waals surface area contributed by atoms with E-state index >= 15 is 0 Å². The molecular formula is C3H6OPS2+. The topological polar surface area (TPSA) is 9.23 Å². The van der Waals surface area contributed by atoms with E-state index in [1.807, 2.05) is 0 Å². The van der Waals surface area contributed by atoms with Crippen LogP contribution >= 0.6 is 18.4 Å². The van der Waals surface area contributed by atoms with Crippen molar-refractivity contribution in [3.05, 3.63) is 12.7 Å². The van der Waals surface area contributed by atoms with Gasteiger partial charge in [0.2, 0.25) is 11.8 Å². The van der Waals surface area contributed by atoms with E-state index in [9.17, 15) is 0 Å². The Morgan fingerprint density at radius 3 is 2.71 bits per heavy atom. The van der Waals surface area contributed by atoms with Crippen molar-refractivity contribution in [2.75, 3.05) is 6.61 Å². The minimum Gasteiger partial charge on any atom is -0.154 e. The zero-order valence-corrected chi connectivity index (χ0v) is 6.31. The Bertz CT molecular complexity index is 83.0. The third-order valence-electron chi connectivity index (χ3n) is 0.303. The molecule has 0 heterocycles. The lowest BCUT2D eigenvalue weighted by Gasteiger charge is -1.75. The molecule has 0 saturated heterocycles. The summed E-state index contributed by atoms with van der Waals surface area (Å²) in [4.78, 5) is 0. The molecule has 0 bridgehead atoms. The summed E-state index contributed by atoms with van der Waals surface area (Å²) >= 11 is 8.45. The Kier molecular flexibility index (Phi) is 5.11. The first-order chi connectivity index (χ1) is 3.27. The molecule has 0 aliphatic heterocycles. The van der Waals surface area contributed by atoms with Gasteiger partial charge in [0.1, 0.15) is 18.9 Å². The molecule has 1 unspecified atom stereocenters. The largest absolute Gasteiger partial charge is 0.411 e. The summed E-state index contributed by atoms with van der Waals surface area (Å²) in [6.07, 6.45) is 0.751. The smallest absolute Gasteiger partial charge is 0.154 e. The van der Waals surface area contributed by atoms with Crippen molar-refractivity contribution in [3.8, 4) is 0 Å². The molecule has 0 aromatic carbocycles. The van der Waals surface area contributed by atoms with Crippen LogP contribution in [0.25, 0.3) is 0 Å². The van der Waals surface area contributed by atoms with Gasteiger partial charge in [-0.15, -0.1) is 6.58 Å². The molecule has 40 valence electrons. The Balaban J connectivity index is 2.97. The van der Waals surface area contributed by atoms with Gasteiger partial charge in [-0.3, -0.25) is 0 Å². The first-order valence-corrected chi connectivity index (χ1v) is 5.10. The molecule has 0 spiro atoms. The molecule has 1 nitrogen and oxygen atoms in total. The maximum absolute atomic E-state index is 4.82. The van der Waals surface area contributed by atoms with Gasteiger partial charge in [0.05, 0.1) is 0 Å². The molecule has 4 heteroatoms. The molecule has 0 saturated carbocycles. The second-order valence-electron chi connectivity index (χ2n) is 0.822.